The minimum absolute atomic E-state index is 0.347. The largest absolute Gasteiger partial charge is 0.443 e. The third-order valence-corrected chi connectivity index (χ3v) is 2.42. The number of benzene rings is 1. The summed E-state index contributed by atoms with van der Waals surface area (Å²) in [5, 5.41) is 0.469. The van der Waals surface area contributed by atoms with Crippen LogP contribution < -0.4 is 0 Å². The Bertz CT molecular complexity index is 464. The highest BCUT2D eigenvalue weighted by Gasteiger charge is 2.11. The number of alkyl halides is 1. The zero-order valence-corrected chi connectivity index (χ0v) is 9.09. The van der Waals surface area contributed by atoms with E-state index >= 15 is 0 Å². The molecule has 0 radical (unpaired) electrons. The smallest absolute Gasteiger partial charge is 0.181 e. The van der Waals surface area contributed by atoms with Gasteiger partial charge in [0.25, 0.3) is 0 Å². The van der Waals surface area contributed by atoms with Crippen molar-refractivity contribution in [1.29, 1.82) is 0 Å². The van der Waals surface area contributed by atoms with Crippen LogP contribution in [0.1, 0.15) is 5.69 Å². The average molecular weight is 274 g/mol. The zero-order valence-electron chi connectivity index (χ0n) is 7.51. The quantitative estimate of drug-likeness (QED) is 0.783. The first-order chi connectivity index (χ1) is 7.20. The Balaban J connectivity index is 2.53. The molecule has 0 saturated heterocycles. The van der Waals surface area contributed by atoms with Crippen molar-refractivity contribution in [3.63, 3.8) is 0 Å². The van der Waals surface area contributed by atoms with Crippen LogP contribution in [0.3, 0.4) is 0 Å². The van der Waals surface area contributed by atoms with Crippen molar-refractivity contribution in [1.82, 2.24) is 4.98 Å². The van der Waals surface area contributed by atoms with Gasteiger partial charge in [-0.2, -0.15) is 0 Å². The molecule has 0 aliphatic rings. The Kier molecular flexibility index (Phi) is 2.81. The van der Waals surface area contributed by atoms with E-state index in [0.29, 0.717) is 22.3 Å². The maximum absolute atomic E-state index is 12.9. The van der Waals surface area contributed by atoms with Gasteiger partial charge < -0.3 is 4.42 Å². The molecular weight excluding hydrogens is 268 g/mol. The van der Waals surface area contributed by atoms with Gasteiger partial charge in [0.15, 0.2) is 12.2 Å². The molecular formula is C10H6BrF2NO. The van der Waals surface area contributed by atoms with Crippen LogP contribution in [-0.2, 0) is 5.33 Å². The molecule has 0 amide bonds. The van der Waals surface area contributed by atoms with Crippen molar-refractivity contribution in [3.8, 4) is 11.3 Å². The molecule has 0 bridgehead atoms. The molecule has 5 heteroatoms. The summed E-state index contributed by atoms with van der Waals surface area (Å²) in [6.07, 6.45) is 1.24. The molecule has 2 nitrogen and oxygen atoms in total. The predicted octanol–water partition coefficient (Wildman–Crippen LogP) is 3.51. The van der Waals surface area contributed by atoms with E-state index < -0.39 is 11.6 Å². The van der Waals surface area contributed by atoms with Crippen LogP contribution in [-0.4, -0.2) is 4.98 Å². The Morgan fingerprint density at radius 2 is 1.87 bits per heavy atom. The molecule has 1 aromatic carbocycles. The van der Waals surface area contributed by atoms with Gasteiger partial charge in [-0.05, 0) is 12.1 Å². The van der Waals surface area contributed by atoms with Gasteiger partial charge in [0, 0.05) is 17.0 Å². The molecule has 2 rings (SSSR count). The van der Waals surface area contributed by atoms with E-state index in [1.807, 2.05) is 0 Å². The molecule has 0 N–H and O–H groups in total. The number of nitrogens with zero attached hydrogens (tertiary/aromatic N) is 1. The molecule has 0 aliphatic carbocycles. The van der Waals surface area contributed by atoms with Crippen LogP contribution in [0.2, 0.25) is 0 Å². The second kappa shape index (κ2) is 4.10. The summed E-state index contributed by atoms with van der Waals surface area (Å²) in [6.45, 7) is 0. The minimum atomic E-state index is -0.637. The lowest BCUT2D eigenvalue weighted by molar-refractivity contribution is 0.562. The highest BCUT2D eigenvalue weighted by Crippen LogP contribution is 2.26. The van der Waals surface area contributed by atoms with Gasteiger partial charge >= 0.3 is 0 Å². The monoisotopic (exact) mass is 273 g/mol. The van der Waals surface area contributed by atoms with Crippen LogP contribution in [0.4, 0.5) is 8.78 Å². The summed E-state index contributed by atoms with van der Waals surface area (Å²) in [5.41, 5.74) is 0.958. The molecule has 0 unspecified atom stereocenters. The third kappa shape index (κ3) is 2.07. The number of rotatable bonds is 2. The van der Waals surface area contributed by atoms with Gasteiger partial charge in [0.2, 0.25) is 0 Å². The summed E-state index contributed by atoms with van der Waals surface area (Å²) in [6, 6.07) is 3.22. The van der Waals surface area contributed by atoms with Crippen LogP contribution >= 0.6 is 15.9 Å². The molecule has 1 heterocycles. The number of aromatic nitrogens is 1. The molecule has 0 aliphatic heterocycles. The summed E-state index contributed by atoms with van der Waals surface area (Å²) in [7, 11) is 0. The minimum Gasteiger partial charge on any atom is -0.443 e. The number of hydrogen-bond donors (Lipinski definition) is 0. The molecule has 78 valence electrons. The van der Waals surface area contributed by atoms with E-state index in [2.05, 4.69) is 20.9 Å². The van der Waals surface area contributed by atoms with E-state index in [-0.39, 0.29) is 0 Å². The van der Waals surface area contributed by atoms with E-state index in [9.17, 15) is 8.78 Å². The van der Waals surface area contributed by atoms with Crippen LogP contribution in [0.25, 0.3) is 11.3 Å². The van der Waals surface area contributed by atoms with Gasteiger partial charge in [-0.15, -0.1) is 0 Å². The Hall–Kier alpha value is -1.23. The van der Waals surface area contributed by atoms with E-state index in [1.54, 1.807) is 0 Å². The van der Waals surface area contributed by atoms with Crippen LogP contribution in [0, 0.1) is 11.6 Å². The first-order valence-electron chi connectivity index (χ1n) is 4.15. The lowest BCUT2D eigenvalue weighted by Gasteiger charge is -1.99. The zero-order chi connectivity index (χ0) is 10.8. The van der Waals surface area contributed by atoms with E-state index in [1.165, 1.54) is 18.5 Å². The lowest BCUT2D eigenvalue weighted by Crippen LogP contribution is -1.86. The lowest BCUT2D eigenvalue weighted by atomic mass is 10.1. The number of hydrogen-bond acceptors (Lipinski definition) is 2. The maximum Gasteiger partial charge on any atom is 0.181 e. The molecule has 0 spiro atoms. The second-order valence-corrected chi connectivity index (χ2v) is 3.48. The second-order valence-electron chi connectivity index (χ2n) is 2.92. The SMILES string of the molecule is Fc1cc(F)cc(-c2ocnc2CBr)c1. The standard InChI is InChI=1S/C10H6BrF2NO/c11-4-9-10(15-5-14-9)6-1-7(12)3-8(13)2-6/h1-3,5H,4H2. The molecule has 2 aromatic rings. The number of halogens is 3. The topological polar surface area (TPSA) is 26.0 Å². The molecule has 0 fully saturated rings. The Morgan fingerprint density at radius 1 is 1.20 bits per heavy atom. The Morgan fingerprint density at radius 3 is 2.47 bits per heavy atom. The maximum atomic E-state index is 12.9. The summed E-state index contributed by atoms with van der Waals surface area (Å²) >= 11 is 3.21. The highest BCUT2D eigenvalue weighted by atomic mass is 79.9. The van der Waals surface area contributed by atoms with Crippen molar-refractivity contribution in [2.45, 2.75) is 5.33 Å². The first kappa shape index (κ1) is 10.3. The molecule has 1 aromatic heterocycles. The average Bonchev–Trinajstić information content (AvgIpc) is 2.63. The fraction of sp³-hybridized carbons (Fsp3) is 0.100. The molecule has 0 saturated carbocycles. The first-order valence-corrected chi connectivity index (χ1v) is 5.27. The van der Waals surface area contributed by atoms with E-state index in [0.717, 1.165) is 6.07 Å². The van der Waals surface area contributed by atoms with Crippen molar-refractivity contribution in [3.05, 3.63) is 41.9 Å². The number of oxazole rings is 1. The summed E-state index contributed by atoms with van der Waals surface area (Å²) in [4.78, 5) is 3.91. The Labute approximate surface area is 93.1 Å². The highest BCUT2D eigenvalue weighted by molar-refractivity contribution is 9.08. The van der Waals surface area contributed by atoms with Gasteiger partial charge in [-0.25, -0.2) is 13.8 Å². The van der Waals surface area contributed by atoms with Gasteiger partial charge in [-0.1, -0.05) is 15.9 Å². The van der Waals surface area contributed by atoms with Gasteiger partial charge in [0.1, 0.15) is 11.6 Å². The van der Waals surface area contributed by atoms with Crippen molar-refractivity contribution in [2.24, 2.45) is 0 Å². The van der Waals surface area contributed by atoms with Crippen molar-refractivity contribution < 1.29 is 13.2 Å². The fourth-order valence-electron chi connectivity index (χ4n) is 1.28. The third-order valence-electron chi connectivity index (χ3n) is 1.89. The van der Waals surface area contributed by atoms with Crippen molar-refractivity contribution in [2.75, 3.05) is 0 Å². The summed E-state index contributed by atoms with van der Waals surface area (Å²) in [5.74, 6) is -0.894. The summed E-state index contributed by atoms with van der Waals surface area (Å²) < 4.78 is 31.0. The van der Waals surface area contributed by atoms with Crippen LogP contribution in [0.15, 0.2) is 29.0 Å². The normalized spacial score (nSPS) is 10.6. The molecule has 0 atom stereocenters. The van der Waals surface area contributed by atoms with Crippen molar-refractivity contribution >= 4 is 15.9 Å². The molecule has 15 heavy (non-hydrogen) atoms. The predicted molar refractivity (Wildman–Crippen MR) is 54.5 cm³/mol. The van der Waals surface area contributed by atoms with Gasteiger partial charge in [0.05, 0.1) is 5.69 Å². The van der Waals surface area contributed by atoms with E-state index in [4.69, 9.17) is 4.42 Å². The fourth-order valence-corrected chi connectivity index (χ4v) is 1.68. The van der Waals surface area contributed by atoms with Gasteiger partial charge in [-0.3, -0.25) is 0 Å². The van der Waals surface area contributed by atoms with Crippen LogP contribution in [0.5, 0.6) is 0 Å².